The molecule has 0 saturated carbocycles. The predicted molar refractivity (Wildman–Crippen MR) is 75.6 cm³/mol. The molecule has 1 aliphatic rings. The number of piperidine rings is 1. The smallest absolute Gasteiger partial charge is 0.0375 e. The van der Waals surface area contributed by atoms with Gasteiger partial charge in [-0.15, -0.1) is 0 Å². The van der Waals surface area contributed by atoms with Crippen molar-refractivity contribution in [2.24, 2.45) is 0 Å². The maximum Gasteiger partial charge on any atom is 0.0375 e. The van der Waals surface area contributed by atoms with Crippen LogP contribution in [0.5, 0.6) is 0 Å². The van der Waals surface area contributed by atoms with Gasteiger partial charge in [0.05, 0.1) is 0 Å². The van der Waals surface area contributed by atoms with E-state index in [2.05, 4.69) is 27.3 Å². The summed E-state index contributed by atoms with van der Waals surface area (Å²) in [4.78, 5) is 6.81. The van der Waals surface area contributed by atoms with E-state index < -0.39 is 0 Å². The van der Waals surface area contributed by atoms with Gasteiger partial charge in [-0.05, 0) is 70.1 Å². The molecule has 0 aliphatic carbocycles. The second kappa shape index (κ2) is 7.49. The maximum atomic E-state index is 4.21. The van der Waals surface area contributed by atoms with E-state index in [1.165, 1.54) is 50.9 Å². The van der Waals surface area contributed by atoms with Gasteiger partial charge in [0.2, 0.25) is 0 Å². The molecule has 1 aliphatic heterocycles. The largest absolute Gasteiger partial charge is 0.313 e. The van der Waals surface area contributed by atoms with Crippen LogP contribution in [0.15, 0.2) is 18.3 Å². The third-order valence-electron chi connectivity index (χ3n) is 3.57. The number of hydrogen-bond donors (Lipinski definition) is 1. The minimum Gasteiger partial charge on any atom is -0.313 e. The third kappa shape index (κ3) is 4.75. The zero-order valence-electron chi connectivity index (χ0n) is 11.5. The van der Waals surface area contributed by atoms with E-state index in [4.69, 9.17) is 0 Å². The number of nitrogens with one attached hydrogen (secondary N) is 1. The quantitative estimate of drug-likeness (QED) is 0.782. The molecule has 0 spiro atoms. The van der Waals surface area contributed by atoms with Crippen LogP contribution in [0, 0.1) is 6.92 Å². The minimum atomic E-state index is 0.962. The lowest BCUT2D eigenvalue weighted by atomic mass is 10.1. The van der Waals surface area contributed by atoms with E-state index in [9.17, 15) is 0 Å². The Morgan fingerprint density at radius 3 is 2.89 bits per heavy atom. The Labute approximate surface area is 111 Å². The van der Waals surface area contributed by atoms with Crippen molar-refractivity contribution in [1.29, 1.82) is 0 Å². The number of hydrogen-bond acceptors (Lipinski definition) is 3. The van der Waals surface area contributed by atoms with Gasteiger partial charge in [0.1, 0.15) is 0 Å². The molecule has 3 heteroatoms. The topological polar surface area (TPSA) is 28.2 Å². The monoisotopic (exact) mass is 247 g/mol. The van der Waals surface area contributed by atoms with Crippen LogP contribution in [0.3, 0.4) is 0 Å². The molecular weight excluding hydrogens is 222 g/mol. The number of nitrogens with zero attached hydrogens (tertiary/aromatic N) is 2. The van der Waals surface area contributed by atoms with Crippen molar-refractivity contribution >= 4 is 0 Å². The Morgan fingerprint density at radius 2 is 2.11 bits per heavy atom. The summed E-state index contributed by atoms with van der Waals surface area (Å²) >= 11 is 0. The summed E-state index contributed by atoms with van der Waals surface area (Å²) in [5.74, 6) is 0. The minimum absolute atomic E-state index is 0.962. The van der Waals surface area contributed by atoms with E-state index in [0.29, 0.717) is 0 Å². The molecule has 1 aromatic rings. The number of aromatic nitrogens is 1. The number of likely N-dealkylation sites (tertiary alicyclic amines) is 1. The van der Waals surface area contributed by atoms with Crippen molar-refractivity contribution in [3.63, 3.8) is 0 Å². The van der Waals surface area contributed by atoms with Gasteiger partial charge in [-0.3, -0.25) is 4.98 Å². The summed E-state index contributed by atoms with van der Waals surface area (Å²) in [5.41, 5.74) is 2.43. The van der Waals surface area contributed by atoms with E-state index in [1.54, 1.807) is 0 Å². The van der Waals surface area contributed by atoms with E-state index in [-0.39, 0.29) is 0 Å². The summed E-state index contributed by atoms with van der Waals surface area (Å²) in [6, 6.07) is 4.24. The van der Waals surface area contributed by atoms with Gasteiger partial charge < -0.3 is 10.2 Å². The van der Waals surface area contributed by atoms with Crippen molar-refractivity contribution in [1.82, 2.24) is 15.2 Å². The molecule has 0 bridgehead atoms. The number of aryl methyl sites for hydroxylation is 1. The fraction of sp³-hybridized carbons (Fsp3) is 0.667. The Bertz CT molecular complexity index is 345. The molecule has 18 heavy (non-hydrogen) atoms. The third-order valence-corrected chi connectivity index (χ3v) is 3.57. The van der Waals surface area contributed by atoms with E-state index >= 15 is 0 Å². The molecule has 0 aromatic carbocycles. The van der Waals surface area contributed by atoms with E-state index in [0.717, 1.165) is 18.8 Å². The van der Waals surface area contributed by atoms with Crippen molar-refractivity contribution in [2.45, 2.75) is 39.2 Å². The highest BCUT2D eigenvalue weighted by Crippen LogP contribution is 2.08. The fourth-order valence-corrected chi connectivity index (χ4v) is 2.56. The zero-order valence-corrected chi connectivity index (χ0v) is 11.5. The number of rotatable bonds is 6. The van der Waals surface area contributed by atoms with Gasteiger partial charge >= 0.3 is 0 Å². The fourth-order valence-electron chi connectivity index (χ4n) is 2.56. The summed E-state index contributed by atoms with van der Waals surface area (Å²) < 4.78 is 0. The van der Waals surface area contributed by atoms with E-state index in [1.807, 2.05) is 13.1 Å². The molecule has 100 valence electrons. The van der Waals surface area contributed by atoms with Crippen molar-refractivity contribution in [3.05, 3.63) is 29.6 Å². The van der Waals surface area contributed by atoms with Gasteiger partial charge in [-0.2, -0.15) is 0 Å². The van der Waals surface area contributed by atoms with Gasteiger partial charge in [0.25, 0.3) is 0 Å². The Morgan fingerprint density at radius 1 is 1.28 bits per heavy atom. The molecule has 1 aromatic heterocycles. The van der Waals surface area contributed by atoms with Gasteiger partial charge in [-0.25, -0.2) is 0 Å². The van der Waals surface area contributed by atoms with Crippen LogP contribution in [0.2, 0.25) is 0 Å². The maximum absolute atomic E-state index is 4.21. The summed E-state index contributed by atoms with van der Waals surface area (Å²) in [5, 5.41) is 3.51. The first-order chi connectivity index (χ1) is 8.84. The van der Waals surface area contributed by atoms with Gasteiger partial charge in [0.15, 0.2) is 0 Å². The summed E-state index contributed by atoms with van der Waals surface area (Å²) in [7, 11) is 0. The van der Waals surface area contributed by atoms with Crippen molar-refractivity contribution < 1.29 is 0 Å². The Kier molecular flexibility index (Phi) is 5.62. The Hall–Kier alpha value is -0.930. The molecule has 0 atom stereocenters. The highest BCUT2D eigenvalue weighted by atomic mass is 15.1. The second-order valence-corrected chi connectivity index (χ2v) is 5.24. The van der Waals surface area contributed by atoms with Crippen molar-refractivity contribution in [3.8, 4) is 0 Å². The van der Waals surface area contributed by atoms with Crippen LogP contribution in [-0.4, -0.2) is 36.1 Å². The molecule has 1 fully saturated rings. The molecule has 2 heterocycles. The molecule has 3 nitrogen and oxygen atoms in total. The van der Waals surface area contributed by atoms with Gasteiger partial charge in [-0.1, -0.05) is 6.42 Å². The lowest BCUT2D eigenvalue weighted by molar-refractivity contribution is 0.225. The van der Waals surface area contributed by atoms with Crippen LogP contribution in [0.25, 0.3) is 0 Å². The first-order valence-electron chi connectivity index (χ1n) is 7.19. The number of pyridine rings is 1. The average Bonchev–Trinajstić information content (AvgIpc) is 2.40. The standard InChI is InChI=1S/C15H25N3/c1-14-12-15(6-8-17-14)13-16-7-5-11-18-9-3-2-4-10-18/h6,8,12,16H,2-5,7,9-11,13H2,1H3. The van der Waals surface area contributed by atoms with Crippen LogP contribution >= 0.6 is 0 Å². The second-order valence-electron chi connectivity index (χ2n) is 5.24. The lowest BCUT2D eigenvalue weighted by Gasteiger charge is -2.26. The summed E-state index contributed by atoms with van der Waals surface area (Å²) in [6.07, 6.45) is 7.35. The molecular formula is C15H25N3. The van der Waals surface area contributed by atoms with Crippen LogP contribution in [-0.2, 0) is 6.54 Å². The summed E-state index contributed by atoms with van der Waals surface area (Å²) in [6.45, 7) is 7.98. The molecule has 0 amide bonds. The zero-order chi connectivity index (χ0) is 12.6. The van der Waals surface area contributed by atoms with Crippen molar-refractivity contribution in [2.75, 3.05) is 26.2 Å². The van der Waals surface area contributed by atoms with Crippen LogP contribution in [0.1, 0.15) is 36.9 Å². The molecule has 1 saturated heterocycles. The molecule has 0 unspecified atom stereocenters. The lowest BCUT2D eigenvalue weighted by Crippen LogP contribution is -2.32. The predicted octanol–water partition coefficient (Wildman–Crippen LogP) is 2.36. The first kappa shape index (κ1) is 13.5. The first-order valence-corrected chi connectivity index (χ1v) is 7.19. The highest BCUT2D eigenvalue weighted by Gasteiger charge is 2.08. The SMILES string of the molecule is Cc1cc(CNCCCN2CCCCC2)ccn1. The normalized spacial score (nSPS) is 16.9. The molecule has 0 radical (unpaired) electrons. The van der Waals surface area contributed by atoms with Gasteiger partial charge in [0, 0.05) is 18.4 Å². The highest BCUT2D eigenvalue weighted by molar-refractivity contribution is 5.14. The average molecular weight is 247 g/mol. The Balaban J connectivity index is 1.55. The van der Waals surface area contributed by atoms with Crippen LogP contribution < -0.4 is 5.32 Å². The van der Waals surface area contributed by atoms with Crippen LogP contribution in [0.4, 0.5) is 0 Å². The molecule has 2 rings (SSSR count). The molecule has 1 N–H and O–H groups in total.